The third-order valence-corrected chi connectivity index (χ3v) is 3.05. The van der Waals surface area contributed by atoms with Gasteiger partial charge in [-0.1, -0.05) is 0 Å². The summed E-state index contributed by atoms with van der Waals surface area (Å²) in [6.45, 7) is 3.49. The van der Waals surface area contributed by atoms with E-state index in [1.807, 2.05) is 6.92 Å². The van der Waals surface area contributed by atoms with Crippen LogP contribution in [-0.2, 0) is 0 Å². The van der Waals surface area contributed by atoms with E-state index in [1.165, 1.54) is 12.8 Å². The molecule has 0 aliphatic heterocycles. The second-order valence-corrected chi connectivity index (χ2v) is 4.43. The number of aromatic nitrogens is 2. The Morgan fingerprint density at radius 2 is 2.25 bits per heavy atom. The van der Waals surface area contributed by atoms with Crippen molar-refractivity contribution in [3.63, 3.8) is 0 Å². The standard InChI is InChI=1S/C11H18N4O/c1-8-5-9(16-2)15-10(14-8)13-7-11(6-12)3-4-11/h5H,3-4,6-7,12H2,1-2H3,(H,13,14,15). The molecule has 0 unspecified atom stereocenters. The zero-order valence-electron chi connectivity index (χ0n) is 9.79. The lowest BCUT2D eigenvalue weighted by molar-refractivity contribution is 0.396. The third-order valence-electron chi connectivity index (χ3n) is 3.05. The molecule has 1 aromatic rings. The molecule has 0 amide bonds. The van der Waals surface area contributed by atoms with Crippen LogP contribution >= 0.6 is 0 Å². The molecule has 5 nitrogen and oxygen atoms in total. The van der Waals surface area contributed by atoms with Crippen LogP contribution in [-0.4, -0.2) is 30.2 Å². The number of rotatable bonds is 5. The molecule has 1 aliphatic carbocycles. The van der Waals surface area contributed by atoms with Crippen LogP contribution in [0, 0.1) is 12.3 Å². The Hall–Kier alpha value is -1.36. The van der Waals surface area contributed by atoms with Gasteiger partial charge in [-0.25, -0.2) is 4.98 Å². The van der Waals surface area contributed by atoms with Gasteiger partial charge in [0.05, 0.1) is 7.11 Å². The van der Waals surface area contributed by atoms with Crippen LogP contribution in [0.1, 0.15) is 18.5 Å². The van der Waals surface area contributed by atoms with Crippen molar-refractivity contribution in [2.75, 3.05) is 25.5 Å². The maximum absolute atomic E-state index is 5.71. The van der Waals surface area contributed by atoms with Gasteiger partial charge >= 0.3 is 0 Å². The zero-order chi connectivity index (χ0) is 11.6. The molecule has 0 spiro atoms. The highest BCUT2D eigenvalue weighted by Gasteiger charge is 2.40. The topological polar surface area (TPSA) is 73.1 Å². The van der Waals surface area contributed by atoms with E-state index < -0.39 is 0 Å². The minimum absolute atomic E-state index is 0.278. The molecule has 1 aliphatic rings. The van der Waals surface area contributed by atoms with E-state index in [1.54, 1.807) is 13.2 Å². The van der Waals surface area contributed by atoms with Crippen molar-refractivity contribution in [2.24, 2.45) is 11.1 Å². The molecule has 1 aromatic heterocycles. The highest BCUT2D eigenvalue weighted by Crippen LogP contribution is 2.44. The van der Waals surface area contributed by atoms with Gasteiger partial charge in [0.15, 0.2) is 0 Å². The van der Waals surface area contributed by atoms with Crippen molar-refractivity contribution in [1.82, 2.24) is 9.97 Å². The van der Waals surface area contributed by atoms with E-state index >= 15 is 0 Å². The molecule has 2 rings (SSSR count). The first-order chi connectivity index (χ1) is 7.67. The Morgan fingerprint density at radius 1 is 1.50 bits per heavy atom. The van der Waals surface area contributed by atoms with Gasteiger partial charge in [0, 0.05) is 18.3 Å². The Balaban J connectivity index is 2.01. The Bertz CT molecular complexity index is 376. The quantitative estimate of drug-likeness (QED) is 0.775. The summed E-state index contributed by atoms with van der Waals surface area (Å²) in [5.41, 5.74) is 6.89. The smallest absolute Gasteiger partial charge is 0.226 e. The minimum Gasteiger partial charge on any atom is -0.481 e. The van der Waals surface area contributed by atoms with Crippen LogP contribution in [0.2, 0.25) is 0 Å². The molecule has 0 saturated heterocycles. The van der Waals surface area contributed by atoms with E-state index in [-0.39, 0.29) is 5.41 Å². The molecule has 0 aromatic carbocycles. The summed E-state index contributed by atoms with van der Waals surface area (Å²) < 4.78 is 5.09. The molecular formula is C11H18N4O. The SMILES string of the molecule is COc1cc(C)nc(NCC2(CN)CC2)n1. The largest absolute Gasteiger partial charge is 0.481 e. The number of hydrogen-bond acceptors (Lipinski definition) is 5. The summed E-state index contributed by atoms with van der Waals surface area (Å²) in [5.74, 6) is 1.21. The molecule has 0 bridgehead atoms. The minimum atomic E-state index is 0.278. The van der Waals surface area contributed by atoms with E-state index in [2.05, 4.69) is 15.3 Å². The first-order valence-corrected chi connectivity index (χ1v) is 5.51. The number of nitrogens with one attached hydrogen (secondary N) is 1. The van der Waals surface area contributed by atoms with Gasteiger partial charge in [0.2, 0.25) is 11.8 Å². The van der Waals surface area contributed by atoms with E-state index in [0.717, 1.165) is 18.8 Å². The van der Waals surface area contributed by atoms with Gasteiger partial charge in [-0.3, -0.25) is 0 Å². The lowest BCUT2D eigenvalue weighted by Crippen LogP contribution is -2.25. The van der Waals surface area contributed by atoms with Crippen LogP contribution in [0.3, 0.4) is 0 Å². The third kappa shape index (κ3) is 2.41. The van der Waals surface area contributed by atoms with E-state index in [0.29, 0.717) is 11.8 Å². The lowest BCUT2D eigenvalue weighted by Gasteiger charge is -2.13. The summed E-state index contributed by atoms with van der Waals surface area (Å²) in [5, 5.41) is 3.23. The van der Waals surface area contributed by atoms with Crippen LogP contribution in [0.5, 0.6) is 5.88 Å². The predicted octanol–water partition coefficient (Wildman–Crippen LogP) is 0.944. The van der Waals surface area contributed by atoms with Crippen molar-refractivity contribution in [2.45, 2.75) is 19.8 Å². The average Bonchev–Trinajstić information content (AvgIpc) is 3.06. The fraction of sp³-hybridized carbons (Fsp3) is 0.636. The maximum atomic E-state index is 5.71. The summed E-state index contributed by atoms with van der Waals surface area (Å²) in [6.07, 6.45) is 2.39. The molecule has 1 saturated carbocycles. The first kappa shape index (κ1) is 11.1. The summed E-state index contributed by atoms with van der Waals surface area (Å²) in [4.78, 5) is 8.54. The predicted molar refractivity (Wildman–Crippen MR) is 62.5 cm³/mol. The number of hydrogen-bond donors (Lipinski definition) is 2. The second-order valence-electron chi connectivity index (χ2n) is 4.43. The fourth-order valence-corrected chi connectivity index (χ4v) is 1.62. The monoisotopic (exact) mass is 222 g/mol. The van der Waals surface area contributed by atoms with Crippen molar-refractivity contribution < 1.29 is 4.74 Å². The van der Waals surface area contributed by atoms with Gasteiger partial charge in [-0.15, -0.1) is 0 Å². The van der Waals surface area contributed by atoms with Crippen molar-refractivity contribution >= 4 is 5.95 Å². The molecule has 16 heavy (non-hydrogen) atoms. The van der Waals surface area contributed by atoms with Crippen LogP contribution in [0.25, 0.3) is 0 Å². The highest BCUT2D eigenvalue weighted by molar-refractivity contribution is 5.31. The number of aryl methyl sites for hydroxylation is 1. The molecule has 1 heterocycles. The number of methoxy groups -OCH3 is 1. The summed E-state index contributed by atoms with van der Waals surface area (Å²) >= 11 is 0. The van der Waals surface area contributed by atoms with E-state index in [4.69, 9.17) is 10.5 Å². The fourth-order valence-electron chi connectivity index (χ4n) is 1.62. The molecule has 3 N–H and O–H groups in total. The van der Waals surface area contributed by atoms with Gasteiger partial charge < -0.3 is 15.8 Å². The van der Waals surface area contributed by atoms with Gasteiger partial charge in [0.25, 0.3) is 0 Å². The molecular weight excluding hydrogens is 204 g/mol. The summed E-state index contributed by atoms with van der Waals surface area (Å²) in [7, 11) is 1.60. The van der Waals surface area contributed by atoms with Gasteiger partial charge in [-0.2, -0.15) is 4.98 Å². The Labute approximate surface area is 95.4 Å². The van der Waals surface area contributed by atoms with Crippen LogP contribution in [0.4, 0.5) is 5.95 Å². The average molecular weight is 222 g/mol. The first-order valence-electron chi connectivity index (χ1n) is 5.51. The Morgan fingerprint density at radius 3 is 2.81 bits per heavy atom. The highest BCUT2D eigenvalue weighted by atomic mass is 16.5. The van der Waals surface area contributed by atoms with Crippen LogP contribution < -0.4 is 15.8 Å². The van der Waals surface area contributed by atoms with Crippen LogP contribution in [0.15, 0.2) is 6.07 Å². The Kier molecular flexibility index (Phi) is 2.96. The number of nitrogens with two attached hydrogens (primary N) is 1. The van der Waals surface area contributed by atoms with Crippen molar-refractivity contribution in [3.8, 4) is 5.88 Å². The summed E-state index contributed by atoms with van der Waals surface area (Å²) in [6, 6.07) is 1.81. The zero-order valence-corrected chi connectivity index (χ0v) is 9.79. The lowest BCUT2D eigenvalue weighted by atomic mass is 10.1. The molecule has 5 heteroatoms. The molecule has 0 atom stereocenters. The van der Waals surface area contributed by atoms with Gasteiger partial charge in [0.1, 0.15) is 0 Å². The number of anilines is 1. The van der Waals surface area contributed by atoms with Crippen molar-refractivity contribution in [1.29, 1.82) is 0 Å². The normalized spacial score (nSPS) is 16.9. The second kappa shape index (κ2) is 4.25. The molecule has 1 fully saturated rings. The van der Waals surface area contributed by atoms with Gasteiger partial charge in [-0.05, 0) is 31.7 Å². The number of nitrogens with zero attached hydrogens (tertiary/aromatic N) is 2. The van der Waals surface area contributed by atoms with Crippen molar-refractivity contribution in [3.05, 3.63) is 11.8 Å². The maximum Gasteiger partial charge on any atom is 0.226 e. The molecule has 0 radical (unpaired) electrons. The van der Waals surface area contributed by atoms with E-state index in [9.17, 15) is 0 Å². The number of ether oxygens (including phenoxy) is 1. The molecule has 88 valence electrons.